The van der Waals surface area contributed by atoms with E-state index in [2.05, 4.69) is 60.0 Å². The number of benzene rings is 2. The first kappa shape index (κ1) is 17.4. The van der Waals surface area contributed by atoms with Gasteiger partial charge >= 0.3 is 0 Å². The van der Waals surface area contributed by atoms with Crippen LogP contribution < -0.4 is 15.4 Å². The van der Waals surface area contributed by atoms with Gasteiger partial charge in [-0.1, -0.05) is 50.1 Å². The Morgan fingerprint density at radius 1 is 0.962 bits per heavy atom. The molecule has 2 atom stereocenters. The van der Waals surface area contributed by atoms with Crippen molar-refractivity contribution in [2.75, 3.05) is 25.0 Å². The summed E-state index contributed by atoms with van der Waals surface area (Å²) in [5.74, 6) is 1.61. The maximum Gasteiger partial charge on any atom is 0.127 e. The third kappa shape index (κ3) is 3.45. The van der Waals surface area contributed by atoms with Gasteiger partial charge in [0.05, 0.1) is 6.61 Å². The fourth-order valence-electron chi connectivity index (χ4n) is 4.44. The topological polar surface area (TPSA) is 33.3 Å². The van der Waals surface area contributed by atoms with Crippen molar-refractivity contribution in [2.24, 2.45) is 0 Å². The molecular weight excluding hydrogens is 320 g/mol. The highest BCUT2D eigenvalue weighted by Gasteiger charge is 2.35. The van der Waals surface area contributed by atoms with Crippen LogP contribution in [0.1, 0.15) is 50.5 Å². The number of hydrogen-bond donors (Lipinski definition) is 2. The molecule has 0 saturated carbocycles. The highest BCUT2D eigenvalue weighted by Crippen LogP contribution is 2.46. The van der Waals surface area contributed by atoms with Crippen LogP contribution in [0, 0.1) is 0 Å². The quantitative estimate of drug-likeness (QED) is 0.704. The van der Waals surface area contributed by atoms with Crippen LogP contribution in [0.2, 0.25) is 0 Å². The summed E-state index contributed by atoms with van der Waals surface area (Å²) in [4.78, 5) is 0. The summed E-state index contributed by atoms with van der Waals surface area (Å²) >= 11 is 0. The van der Waals surface area contributed by atoms with Gasteiger partial charge in [-0.25, -0.2) is 0 Å². The summed E-state index contributed by atoms with van der Waals surface area (Å²) in [6.07, 6.45) is 5.95. The molecule has 0 aromatic heterocycles. The number of ether oxygens (including phenoxy) is 1. The van der Waals surface area contributed by atoms with Crippen LogP contribution in [0.4, 0.5) is 5.69 Å². The minimum atomic E-state index is 0.554. The summed E-state index contributed by atoms with van der Waals surface area (Å²) < 4.78 is 6.18. The van der Waals surface area contributed by atoms with Gasteiger partial charge in [0.25, 0.3) is 0 Å². The lowest BCUT2D eigenvalue weighted by atomic mass is 9.85. The van der Waals surface area contributed by atoms with E-state index in [1.165, 1.54) is 48.1 Å². The molecule has 3 heteroatoms. The van der Waals surface area contributed by atoms with Crippen molar-refractivity contribution < 1.29 is 4.74 Å². The number of unbranched alkanes of at least 4 members (excludes halogenated alkanes) is 2. The van der Waals surface area contributed by atoms with Crippen molar-refractivity contribution in [1.29, 1.82) is 0 Å². The lowest BCUT2D eigenvalue weighted by Crippen LogP contribution is -2.21. The van der Waals surface area contributed by atoms with Crippen molar-refractivity contribution in [3.63, 3.8) is 0 Å². The Morgan fingerprint density at radius 2 is 1.81 bits per heavy atom. The molecule has 1 saturated heterocycles. The zero-order chi connectivity index (χ0) is 17.8. The van der Waals surface area contributed by atoms with E-state index in [0.717, 1.165) is 31.9 Å². The molecule has 26 heavy (non-hydrogen) atoms. The predicted octanol–water partition coefficient (Wildman–Crippen LogP) is 5.18. The molecule has 0 aliphatic carbocycles. The van der Waals surface area contributed by atoms with Crippen molar-refractivity contribution in [1.82, 2.24) is 5.32 Å². The van der Waals surface area contributed by atoms with Gasteiger partial charge in [-0.15, -0.1) is 0 Å². The number of rotatable bonds is 6. The van der Waals surface area contributed by atoms with E-state index in [-0.39, 0.29) is 0 Å². The summed E-state index contributed by atoms with van der Waals surface area (Å²) in [6.45, 7) is 5.24. The second-order valence-electron chi connectivity index (χ2n) is 7.50. The van der Waals surface area contributed by atoms with Gasteiger partial charge in [0.1, 0.15) is 5.75 Å². The van der Waals surface area contributed by atoms with Gasteiger partial charge in [-0.2, -0.15) is 0 Å². The molecule has 138 valence electrons. The van der Waals surface area contributed by atoms with Gasteiger partial charge in [0.15, 0.2) is 0 Å². The van der Waals surface area contributed by atoms with E-state index in [0.29, 0.717) is 12.0 Å². The van der Waals surface area contributed by atoms with Crippen molar-refractivity contribution in [3.8, 4) is 16.9 Å². The third-order valence-corrected chi connectivity index (χ3v) is 5.75. The number of para-hydroxylation sites is 1. The van der Waals surface area contributed by atoms with Gasteiger partial charge in [-0.3, -0.25) is 0 Å². The molecule has 0 bridgehead atoms. The second-order valence-corrected chi connectivity index (χ2v) is 7.50. The average Bonchev–Trinajstić information content (AvgIpc) is 2.87. The molecular formula is C23H30N2O. The number of fused-ring (bicyclic) bond motifs is 3. The highest BCUT2D eigenvalue weighted by atomic mass is 16.5. The number of nitrogens with one attached hydrogen (secondary N) is 2. The Morgan fingerprint density at radius 3 is 2.73 bits per heavy atom. The smallest absolute Gasteiger partial charge is 0.127 e. The van der Waals surface area contributed by atoms with Crippen LogP contribution in [0.25, 0.3) is 11.1 Å². The Labute approximate surface area is 157 Å². The van der Waals surface area contributed by atoms with Crippen LogP contribution in [0.15, 0.2) is 42.5 Å². The number of anilines is 1. The molecule has 4 rings (SSSR count). The molecule has 2 aromatic rings. The Hall–Kier alpha value is -2.00. The fourth-order valence-corrected chi connectivity index (χ4v) is 4.44. The van der Waals surface area contributed by atoms with Crippen molar-refractivity contribution >= 4 is 5.69 Å². The van der Waals surface area contributed by atoms with Crippen LogP contribution in [-0.4, -0.2) is 25.7 Å². The predicted molar refractivity (Wildman–Crippen MR) is 109 cm³/mol. The van der Waals surface area contributed by atoms with Gasteiger partial charge in [0.2, 0.25) is 0 Å². The average molecular weight is 351 g/mol. The first-order chi connectivity index (χ1) is 12.9. The molecule has 2 unspecified atom stereocenters. The van der Waals surface area contributed by atoms with Gasteiger partial charge in [0, 0.05) is 23.2 Å². The fraction of sp³-hybridized carbons (Fsp3) is 0.478. The molecule has 0 amide bonds. The minimum absolute atomic E-state index is 0.554. The van der Waals surface area contributed by atoms with Crippen molar-refractivity contribution in [3.05, 3.63) is 48.0 Å². The molecule has 1 fully saturated rings. The molecule has 2 aliphatic heterocycles. The number of hydrogen-bond acceptors (Lipinski definition) is 3. The zero-order valence-electron chi connectivity index (χ0n) is 15.8. The maximum absolute atomic E-state index is 6.18. The second kappa shape index (κ2) is 8.13. The molecule has 2 aliphatic rings. The summed E-state index contributed by atoms with van der Waals surface area (Å²) in [7, 11) is 0. The van der Waals surface area contributed by atoms with Crippen LogP contribution in [-0.2, 0) is 0 Å². The third-order valence-electron chi connectivity index (χ3n) is 5.75. The SMILES string of the molecule is CCCCCOc1ccccc1-c1cccc2c1C1CCNCCC1N2. The normalized spacial score (nSPS) is 21.4. The zero-order valence-corrected chi connectivity index (χ0v) is 15.8. The van der Waals surface area contributed by atoms with E-state index in [9.17, 15) is 0 Å². The van der Waals surface area contributed by atoms with Crippen molar-refractivity contribution in [2.45, 2.75) is 51.0 Å². The molecule has 0 spiro atoms. The van der Waals surface area contributed by atoms with Gasteiger partial charge < -0.3 is 15.4 Å². The summed E-state index contributed by atoms with van der Waals surface area (Å²) in [5, 5.41) is 7.34. The monoisotopic (exact) mass is 350 g/mol. The van der Waals surface area contributed by atoms with E-state index in [1.54, 1.807) is 0 Å². The van der Waals surface area contributed by atoms with Crippen LogP contribution >= 0.6 is 0 Å². The first-order valence-corrected chi connectivity index (χ1v) is 10.2. The maximum atomic E-state index is 6.18. The summed E-state index contributed by atoms with van der Waals surface area (Å²) in [6, 6.07) is 15.8. The van der Waals surface area contributed by atoms with E-state index >= 15 is 0 Å². The standard InChI is InChI=1S/C23H30N2O/c1-2-3-6-16-26-22-11-5-4-8-17(22)18-9-7-10-21-23(18)19-12-14-24-15-13-20(19)25-21/h4-5,7-11,19-20,24-25H,2-3,6,12-16H2,1H3. The minimum Gasteiger partial charge on any atom is -0.493 e. The van der Waals surface area contributed by atoms with E-state index in [4.69, 9.17) is 4.74 Å². The molecule has 2 aromatic carbocycles. The van der Waals surface area contributed by atoms with Crippen LogP contribution in [0.5, 0.6) is 5.75 Å². The molecule has 0 radical (unpaired) electrons. The van der Waals surface area contributed by atoms with Gasteiger partial charge in [-0.05, 0) is 55.6 Å². The Kier molecular flexibility index (Phi) is 5.45. The largest absolute Gasteiger partial charge is 0.493 e. The highest BCUT2D eigenvalue weighted by molar-refractivity contribution is 5.81. The lowest BCUT2D eigenvalue weighted by Gasteiger charge is -2.19. The van der Waals surface area contributed by atoms with Crippen LogP contribution in [0.3, 0.4) is 0 Å². The van der Waals surface area contributed by atoms with E-state index in [1.807, 2.05) is 0 Å². The lowest BCUT2D eigenvalue weighted by molar-refractivity contribution is 0.307. The first-order valence-electron chi connectivity index (χ1n) is 10.2. The molecule has 3 nitrogen and oxygen atoms in total. The Bertz CT molecular complexity index is 743. The molecule has 2 N–H and O–H groups in total. The Balaban J connectivity index is 1.67. The molecule has 2 heterocycles. The summed E-state index contributed by atoms with van der Waals surface area (Å²) in [5.41, 5.74) is 5.39. The van der Waals surface area contributed by atoms with E-state index < -0.39 is 0 Å².